The van der Waals surface area contributed by atoms with E-state index in [0.717, 1.165) is 6.42 Å². The van der Waals surface area contributed by atoms with Gasteiger partial charge in [-0.3, -0.25) is 0 Å². The van der Waals surface area contributed by atoms with E-state index < -0.39 is 12.7 Å². The van der Waals surface area contributed by atoms with Gasteiger partial charge < -0.3 is 14.8 Å². The van der Waals surface area contributed by atoms with Crippen LogP contribution in [0.2, 0.25) is 0 Å². The molecule has 18 heavy (non-hydrogen) atoms. The molecule has 0 amide bonds. The van der Waals surface area contributed by atoms with E-state index in [-0.39, 0.29) is 6.54 Å². The van der Waals surface area contributed by atoms with Crippen molar-refractivity contribution in [2.24, 2.45) is 0 Å². The highest BCUT2D eigenvalue weighted by Crippen LogP contribution is 2.33. The third-order valence-electron chi connectivity index (χ3n) is 2.49. The van der Waals surface area contributed by atoms with Crippen LogP contribution in [-0.2, 0) is 6.54 Å². The molecule has 0 saturated carbocycles. The Balaban J connectivity index is 2.04. The van der Waals surface area contributed by atoms with Crippen molar-refractivity contribution < 1.29 is 22.6 Å². The van der Waals surface area contributed by atoms with Gasteiger partial charge in [-0.15, -0.1) is 0 Å². The molecule has 0 saturated heterocycles. The molecule has 100 valence electrons. The molecule has 1 aromatic rings. The summed E-state index contributed by atoms with van der Waals surface area (Å²) in [5, 5.41) is 2.35. The van der Waals surface area contributed by atoms with Crippen molar-refractivity contribution in [3.8, 4) is 11.5 Å². The molecular weight excluding hydrogens is 247 g/mol. The van der Waals surface area contributed by atoms with Crippen molar-refractivity contribution in [2.45, 2.75) is 19.1 Å². The van der Waals surface area contributed by atoms with Crippen molar-refractivity contribution in [1.82, 2.24) is 5.32 Å². The molecule has 0 bridgehead atoms. The van der Waals surface area contributed by atoms with E-state index in [9.17, 15) is 13.2 Å². The largest absolute Gasteiger partial charge is 0.490 e. The molecule has 3 nitrogen and oxygen atoms in total. The van der Waals surface area contributed by atoms with Crippen LogP contribution in [0, 0.1) is 0 Å². The normalized spacial score (nSPS) is 15.3. The number of ether oxygens (including phenoxy) is 2. The van der Waals surface area contributed by atoms with E-state index >= 15 is 0 Å². The Labute approximate surface area is 103 Å². The van der Waals surface area contributed by atoms with E-state index in [4.69, 9.17) is 9.47 Å². The number of para-hydroxylation sites is 1. The average Bonchev–Trinajstić information content (AvgIpc) is 2.53. The summed E-state index contributed by atoms with van der Waals surface area (Å²) in [5.74, 6) is 1.14. The van der Waals surface area contributed by atoms with Crippen LogP contribution in [-0.4, -0.2) is 25.9 Å². The minimum absolute atomic E-state index is 0.103. The molecule has 1 aliphatic rings. The van der Waals surface area contributed by atoms with E-state index in [1.54, 1.807) is 18.2 Å². The molecule has 1 heterocycles. The van der Waals surface area contributed by atoms with E-state index in [0.29, 0.717) is 30.3 Å². The van der Waals surface area contributed by atoms with Gasteiger partial charge in [-0.25, -0.2) is 0 Å². The van der Waals surface area contributed by atoms with Crippen molar-refractivity contribution in [1.29, 1.82) is 0 Å². The fourth-order valence-corrected chi connectivity index (χ4v) is 1.73. The SMILES string of the molecule is FC(F)(F)CNCc1cccc2c1OCCCO2. The van der Waals surface area contributed by atoms with Crippen LogP contribution in [0.4, 0.5) is 13.2 Å². The van der Waals surface area contributed by atoms with Crippen LogP contribution < -0.4 is 14.8 Å². The second-order valence-corrected chi connectivity index (χ2v) is 4.01. The summed E-state index contributed by atoms with van der Waals surface area (Å²) in [6, 6.07) is 5.24. The zero-order valence-corrected chi connectivity index (χ0v) is 9.72. The number of hydrogen-bond acceptors (Lipinski definition) is 3. The first kappa shape index (κ1) is 13.0. The van der Waals surface area contributed by atoms with Crippen LogP contribution >= 0.6 is 0 Å². The fourth-order valence-electron chi connectivity index (χ4n) is 1.73. The van der Waals surface area contributed by atoms with Gasteiger partial charge in [0.15, 0.2) is 11.5 Å². The molecule has 0 atom stereocenters. The Bertz CT molecular complexity index is 407. The summed E-state index contributed by atoms with van der Waals surface area (Å²) in [6.45, 7) is 0.166. The first-order valence-corrected chi connectivity index (χ1v) is 5.71. The predicted octanol–water partition coefficient (Wildman–Crippen LogP) is 2.50. The maximum atomic E-state index is 12.0. The lowest BCUT2D eigenvalue weighted by atomic mass is 10.2. The Morgan fingerprint density at radius 2 is 1.94 bits per heavy atom. The monoisotopic (exact) mass is 261 g/mol. The van der Waals surface area contributed by atoms with Gasteiger partial charge in [0, 0.05) is 18.5 Å². The number of hydrogen-bond donors (Lipinski definition) is 1. The summed E-state index contributed by atoms with van der Waals surface area (Å²) >= 11 is 0. The third-order valence-corrected chi connectivity index (χ3v) is 2.49. The topological polar surface area (TPSA) is 30.5 Å². The number of benzene rings is 1. The molecule has 0 radical (unpaired) electrons. The number of halogens is 3. The molecule has 1 N–H and O–H groups in total. The van der Waals surface area contributed by atoms with E-state index in [2.05, 4.69) is 5.32 Å². The van der Waals surface area contributed by atoms with Crippen LogP contribution in [0.3, 0.4) is 0 Å². The van der Waals surface area contributed by atoms with E-state index in [1.807, 2.05) is 0 Å². The highest BCUT2D eigenvalue weighted by molar-refractivity contribution is 5.47. The van der Waals surface area contributed by atoms with Gasteiger partial charge in [0.05, 0.1) is 19.8 Å². The van der Waals surface area contributed by atoms with Gasteiger partial charge in [0.2, 0.25) is 0 Å². The average molecular weight is 261 g/mol. The Hall–Kier alpha value is -1.43. The van der Waals surface area contributed by atoms with Crippen LogP contribution in [0.15, 0.2) is 18.2 Å². The first-order valence-electron chi connectivity index (χ1n) is 5.71. The summed E-state index contributed by atoms with van der Waals surface area (Å²) in [5.41, 5.74) is 0.679. The summed E-state index contributed by atoms with van der Waals surface area (Å²) in [4.78, 5) is 0. The quantitative estimate of drug-likeness (QED) is 0.906. The maximum absolute atomic E-state index is 12.0. The minimum atomic E-state index is -4.21. The Morgan fingerprint density at radius 3 is 2.72 bits per heavy atom. The molecular formula is C12H14F3NO2. The summed E-state index contributed by atoms with van der Waals surface area (Å²) in [6.07, 6.45) is -3.44. The third kappa shape index (κ3) is 3.53. The van der Waals surface area contributed by atoms with Crippen LogP contribution in [0.25, 0.3) is 0 Å². The lowest BCUT2D eigenvalue weighted by Gasteiger charge is -2.13. The van der Waals surface area contributed by atoms with Crippen LogP contribution in [0.5, 0.6) is 11.5 Å². The van der Waals surface area contributed by atoms with Gasteiger partial charge >= 0.3 is 6.18 Å². The Morgan fingerprint density at radius 1 is 1.17 bits per heavy atom. The maximum Gasteiger partial charge on any atom is 0.401 e. The highest BCUT2D eigenvalue weighted by Gasteiger charge is 2.26. The second kappa shape index (κ2) is 5.48. The zero-order chi connectivity index (χ0) is 13.0. The van der Waals surface area contributed by atoms with Crippen molar-refractivity contribution in [2.75, 3.05) is 19.8 Å². The standard InChI is InChI=1S/C12H14F3NO2/c13-12(14,15)8-16-7-9-3-1-4-10-11(9)18-6-2-5-17-10/h1,3-4,16H,2,5-8H2. The van der Waals surface area contributed by atoms with Crippen LogP contribution in [0.1, 0.15) is 12.0 Å². The molecule has 0 aromatic heterocycles. The first-order chi connectivity index (χ1) is 8.56. The van der Waals surface area contributed by atoms with Crippen molar-refractivity contribution >= 4 is 0 Å². The summed E-state index contributed by atoms with van der Waals surface area (Å²) < 4.78 is 47.1. The lowest BCUT2D eigenvalue weighted by Crippen LogP contribution is -2.28. The lowest BCUT2D eigenvalue weighted by molar-refractivity contribution is -0.125. The number of rotatable bonds is 3. The second-order valence-electron chi connectivity index (χ2n) is 4.01. The number of alkyl halides is 3. The smallest absolute Gasteiger partial charge is 0.401 e. The molecule has 1 aromatic carbocycles. The molecule has 6 heteroatoms. The van der Waals surface area contributed by atoms with Gasteiger partial charge in [0.25, 0.3) is 0 Å². The zero-order valence-electron chi connectivity index (χ0n) is 9.72. The molecule has 0 unspecified atom stereocenters. The minimum Gasteiger partial charge on any atom is -0.490 e. The van der Waals surface area contributed by atoms with E-state index in [1.165, 1.54) is 0 Å². The highest BCUT2D eigenvalue weighted by atomic mass is 19.4. The molecule has 0 spiro atoms. The number of fused-ring (bicyclic) bond motifs is 1. The fraction of sp³-hybridized carbons (Fsp3) is 0.500. The number of nitrogens with one attached hydrogen (secondary N) is 1. The van der Waals surface area contributed by atoms with Gasteiger partial charge in [0.1, 0.15) is 0 Å². The molecule has 0 fully saturated rings. The predicted molar refractivity (Wildman–Crippen MR) is 59.8 cm³/mol. The van der Waals surface area contributed by atoms with Gasteiger partial charge in [-0.05, 0) is 6.07 Å². The summed E-state index contributed by atoms with van der Waals surface area (Å²) in [7, 11) is 0. The molecule has 2 rings (SSSR count). The Kier molecular flexibility index (Phi) is 3.96. The van der Waals surface area contributed by atoms with Gasteiger partial charge in [-0.2, -0.15) is 13.2 Å². The van der Waals surface area contributed by atoms with Crippen molar-refractivity contribution in [3.05, 3.63) is 23.8 Å². The molecule has 0 aliphatic carbocycles. The van der Waals surface area contributed by atoms with Crippen molar-refractivity contribution in [3.63, 3.8) is 0 Å². The van der Waals surface area contributed by atoms with Gasteiger partial charge in [-0.1, -0.05) is 12.1 Å². The molecule has 1 aliphatic heterocycles.